The Morgan fingerprint density at radius 3 is 2.71 bits per heavy atom. The van der Waals surface area contributed by atoms with Crippen molar-refractivity contribution >= 4 is 29.0 Å². The van der Waals surface area contributed by atoms with E-state index in [1.807, 2.05) is 6.92 Å². The van der Waals surface area contributed by atoms with Gasteiger partial charge in [-0.15, -0.1) is 5.10 Å². The second-order valence-electron chi connectivity index (χ2n) is 5.12. The molecule has 0 fully saturated rings. The van der Waals surface area contributed by atoms with Crippen molar-refractivity contribution in [2.75, 3.05) is 7.11 Å². The summed E-state index contributed by atoms with van der Waals surface area (Å²) in [5.41, 5.74) is 8.74. The van der Waals surface area contributed by atoms with Crippen molar-refractivity contribution in [3.05, 3.63) is 45.3 Å². The van der Waals surface area contributed by atoms with Crippen LogP contribution in [0.15, 0.2) is 18.2 Å². The number of halogens is 2. The fourth-order valence-corrected chi connectivity index (χ4v) is 2.97. The maximum absolute atomic E-state index is 9.82. The minimum Gasteiger partial charge on any atom is -0.362 e. The summed E-state index contributed by atoms with van der Waals surface area (Å²) in [5, 5.41) is 15.1. The highest BCUT2D eigenvalue weighted by molar-refractivity contribution is 6.36. The summed E-state index contributed by atoms with van der Waals surface area (Å²) in [5.74, 6) is 0.418. The van der Waals surface area contributed by atoms with Crippen LogP contribution in [0.1, 0.15) is 23.4 Å². The van der Waals surface area contributed by atoms with Crippen molar-refractivity contribution in [2.24, 2.45) is 5.73 Å². The van der Waals surface area contributed by atoms with E-state index < -0.39 is 6.29 Å². The number of nitrogens with zero attached hydrogens (tertiary/aromatic N) is 4. The second-order valence-corrected chi connectivity index (χ2v) is 5.97. The first kappa shape index (κ1) is 17.1. The minimum absolute atomic E-state index is 0.102. The Morgan fingerprint density at radius 1 is 1.33 bits per heavy atom. The quantitative estimate of drug-likeness (QED) is 0.687. The molecule has 7 nitrogen and oxygen atoms in total. The van der Waals surface area contributed by atoms with Gasteiger partial charge in [-0.05, 0) is 25.1 Å². The van der Waals surface area contributed by atoms with Crippen molar-refractivity contribution in [1.29, 1.82) is 0 Å². The van der Waals surface area contributed by atoms with Gasteiger partial charge in [-0.25, -0.2) is 4.98 Å². The van der Waals surface area contributed by atoms with Crippen LogP contribution in [-0.4, -0.2) is 31.8 Å². The van der Waals surface area contributed by atoms with Gasteiger partial charge in [-0.3, -0.25) is 0 Å². The number of aromatic nitrogens is 4. The summed E-state index contributed by atoms with van der Waals surface area (Å²) in [7, 11) is 1.36. The van der Waals surface area contributed by atoms with E-state index in [2.05, 4.69) is 15.1 Å². The number of hydrogen-bond donors (Lipinski definition) is 2. The summed E-state index contributed by atoms with van der Waals surface area (Å²) in [6.45, 7) is 2.07. The fraction of sp³-hybridized carbons (Fsp3) is 0.267. The van der Waals surface area contributed by atoms with Crippen LogP contribution in [0.2, 0.25) is 10.0 Å². The van der Waals surface area contributed by atoms with E-state index in [1.54, 1.807) is 18.2 Å². The van der Waals surface area contributed by atoms with Gasteiger partial charge in [-0.2, -0.15) is 9.50 Å². The normalized spacial score (nSPS) is 12.8. The molecular weight excluding hydrogens is 353 g/mol. The Labute approximate surface area is 148 Å². The Hall–Kier alpha value is -1.77. The van der Waals surface area contributed by atoms with Gasteiger partial charge in [-0.1, -0.05) is 23.2 Å². The van der Waals surface area contributed by atoms with Crippen molar-refractivity contribution in [1.82, 2.24) is 19.6 Å². The van der Waals surface area contributed by atoms with E-state index in [1.165, 1.54) is 11.6 Å². The molecule has 0 saturated heterocycles. The molecule has 0 saturated carbocycles. The standard InChI is InChI=1S/C15H15Cl2N5O2/c1-7-10(6-18)12(9-4-3-8(16)5-11(9)17)22-15(19-7)20-13(21-22)14(23)24-2/h3-5,14,23H,6,18H2,1-2H3. The van der Waals surface area contributed by atoms with E-state index in [0.29, 0.717) is 32.8 Å². The molecule has 3 rings (SSSR count). The van der Waals surface area contributed by atoms with Crippen molar-refractivity contribution < 1.29 is 9.84 Å². The average Bonchev–Trinajstić information content (AvgIpc) is 2.96. The minimum atomic E-state index is -1.25. The fourth-order valence-electron chi connectivity index (χ4n) is 2.47. The Balaban J connectivity index is 2.36. The molecule has 0 bridgehead atoms. The molecule has 0 aliphatic heterocycles. The van der Waals surface area contributed by atoms with E-state index in [-0.39, 0.29) is 12.4 Å². The van der Waals surface area contributed by atoms with Crippen LogP contribution < -0.4 is 5.73 Å². The molecule has 3 N–H and O–H groups in total. The SMILES string of the molecule is COC(O)c1nc2nc(C)c(CN)c(-c3ccc(Cl)cc3Cl)n2n1. The first-order chi connectivity index (χ1) is 11.5. The zero-order valence-corrected chi connectivity index (χ0v) is 14.5. The van der Waals surface area contributed by atoms with Gasteiger partial charge in [0.25, 0.3) is 5.78 Å². The Morgan fingerprint density at radius 2 is 2.08 bits per heavy atom. The number of methoxy groups -OCH3 is 1. The number of benzene rings is 1. The third-order valence-electron chi connectivity index (χ3n) is 3.64. The van der Waals surface area contributed by atoms with E-state index in [9.17, 15) is 5.11 Å². The highest BCUT2D eigenvalue weighted by Crippen LogP contribution is 2.33. The van der Waals surface area contributed by atoms with Crippen LogP contribution in [0.5, 0.6) is 0 Å². The summed E-state index contributed by atoms with van der Waals surface area (Å²) in [6, 6.07) is 5.15. The maximum atomic E-state index is 9.82. The van der Waals surface area contributed by atoms with Gasteiger partial charge < -0.3 is 15.6 Å². The van der Waals surface area contributed by atoms with Gasteiger partial charge in [0, 0.05) is 35.5 Å². The molecule has 24 heavy (non-hydrogen) atoms. The molecular formula is C15H15Cl2N5O2. The smallest absolute Gasteiger partial charge is 0.253 e. The zero-order chi connectivity index (χ0) is 17.4. The highest BCUT2D eigenvalue weighted by Gasteiger charge is 2.21. The van der Waals surface area contributed by atoms with Crippen molar-refractivity contribution in [3.63, 3.8) is 0 Å². The lowest BCUT2D eigenvalue weighted by Crippen LogP contribution is -2.10. The number of ether oxygens (including phenoxy) is 1. The maximum Gasteiger partial charge on any atom is 0.253 e. The number of nitrogens with two attached hydrogens (primary N) is 1. The monoisotopic (exact) mass is 367 g/mol. The molecule has 9 heteroatoms. The van der Waals surface area contributed by atoms with Crippen LogP contribution in [0.25, 0.3) is 17.0 Å². The van der Waals surface area contributed by atoms with E-state index in [0.717, 1.165) is 5.56 Å². The van der Waals surface area contributed by atoms with Crippen LogP contribution in [-0.2, 0) is 11.3 Å². The molecule has 0 spiro atoms. The van der Waals surface area contributed by atoms with Gasteiger partial charge in [0.05, 0.1) is 10.7 Å². The van der Waals surface area contributed by atoms with Crippen molar-refractivity contribution in [3.8, 4) is 11.3 Å². The molecule has 2 heterocycles. The third kappa shape index (κ3) is 2.85. The predicted octanol–water partition coefficient (Wildman–Crippen LogP) is 2.50. The molecule has 3 aromatic rings. The van der Waals surface area contributed by atoms with Gasteiger partial charge >= 0.3 is 0 Å². The number of hydrogen-bond acceptors (Lipinski definition) is 6. The highest BCUT2D eigenvalue weighted by atomic mass is 35.5. The molecule has 1 aromatic carbocycles. The lowest BCUT2D eigenvalue weighted by Gasteiger charge is -2.13. The zero-order valence-electron chi connectivity index (χ0n) is 13.0. The molecule has 1 unspecified atom stereocenters. The van der Waals surface area contributed by atoms with Gasteiger partial charge in [0.1, 0.15) is 0 Å². The number of aliphatic hydroxyl groups is 1. The summed E-state index contributed by atoms with van der Waals surface area (Å²) in [4.78, 5) is 8.60. The molecule has 0 amide bonds. The van der Waals surface area contributed by atoms with Crippen LogP contribution in [0.4, 0.5) is 0 Å². The summed E-state index contributed by atoms with van der Waals surface area (Å²) < 4.78 is 6.36. The topological polar surface area (TPSA) is 98.6 Å². The largest absolute Gasteiger partial charge is 0.362 e. The molecule has 1 atom stereocenters. The molecule has 0 radical (unpaired) electrons. The molecule has 2 aromatic heterocycles. The van der Waals surface area contributed by atoms with Crippen molar-refractivity contribution in [2.45, 2.75) is 19.8 Å². The van der Waals surface area contributed by atoms with Gasteiger partial charge in [0.2, 0.25) is 12.1 Å². The second kappa shape index (κ2) is 6.62. The number of aryl methyl sites for hydroxylation is 1. The Bertz CT molecular complexity index is 913. The number of fused-ring (bicyclic) bond motifs is 1. The average molecular weight is 368 g/mol. The summed E-state index contributed by atoms with van der Waals surface area (Å²) >= 11 is 12.3. The Kier molecular flexibility index (Phi) is 4.71. The first-order valence-electron chi connectivity index (χ1n) is 7.08. The van der Waals surface area contributed by atoms with Gasteiger partial charge in [0.15, 0.2) is 0 Å². The lowest BCUT2D eigenvalue weighted by atomic mass is 10.0. The van der Waals surface area contributed by atoms with Crippen LogP contribution in [0.3, 0.4) is 0 Å². The van der Waals surface area contributed by atoms with Crippen LogP contribution >= 0.6 is 23.2 Å². The molecule has 0 aliphatic carbocycles. The molecule has 126 valence electrons. The summed E-state index contributed by atoms with van der Waals surface area (Å²) in [6.07, 6.45) is -1.25. The van der Waals surface area contributed by atoms with E-state index >= 15 is 0 Å². The van der Waals surface area contributed by atoms with Crippen LogP contribution in [0, 0.1) is 6.92 Å². The number of rotatable bonds is 4. The predicted molar refractivity (Wildman–Crippen MR) is 90.8 cm³/mol. The molecule has 0 aliphatic rings. The van der Waals surface area contributed by atoms with E-state index in [4.69, 9.17) is 33.7 Å². The third-order valence-corrected chi connectivity index (χ3v) is 4.19. The lowest BCUT2D eigenvalue weighted by molar-refractivity contribution is -0.0828. The first-order valence-corrected chi connectivity index (χ1v) is 7.84. The number of aliphatic hydroxyl groups excluding tert-OH is 1.